The summed E-state index contributed by atoms with van der Waals surface area (Å²) in [7, 11) is -2.19. The van der Waals surface area contributed by atoms with Crippen LogP contribution in [-0.2, 0) is 17.1 Å². The van der Waals surface area contributed by atoms with Gasteiger partial charge in [-0.1, -0.05) is 0 Å². The van der Waals surface area contributed by atoms with Crippen molar-refractivity contribution in [3.8, 4) is 0 Å². The van der Waals surface area contributed by atoms with Crippen molar-refractivity contribution in [2.75, 3.05) is 5.32 Å². The number of amides is 1. The van der Waals surface area contributed by atoms with E-state index in [4.69, 9.17) is 5.14 Å². The molecule has 4 N–H and O–H groups in total. The standard InChI is InChI=1S/C15H14N4O4S/c1-19-8-13(24(16,22)23)11-7-10(2-3-12(11)19)18-15(21)9-4-5-17-14(20)6-9/h2-8H,1H3,(H,17,20)(H,18,21)(H2,16,22,23). The van der Waals surface area contributed by atoms with Gasteiger partial charge < -0.3 is 14.9 Å². The lowest BCUT2D eigenvalue weighted by Crippen LogP contribution is -2.15. The van der Waals surface area contributed by atoms with Gasteiger partial charge in [-0.25, -0.2) is 13.6 Å². The molecule has 2 heterocycles. The highest BCUT2D eigenvalue weighted by Crippen LogP contribution is 2.27. The van der Waals surface area contributed by atoms with E-state index in [0.717, 1.165) is 0 Å². The van der Waals surface area contributed by atoms with Gasteiger partial charge in [0.25, 0.3) is 5.91 Å². The maximum Gasteiger partial charge on any atom is 0.255 e. The molecule has 3 rings (SSSR count). The van der Waals surface area contributed by atoms with E-state index in [1.54, 1.807) is 23.7 Å². The smallest absolute Gasteiger partial charge is 0.255 e. The van der Waals surface area contributed by atoms with Crippen molar-refractivity contribution in [3.05, 3.63) is 58.6 Å². The van der Waals surface area contributed by atoms with Crippen LogP contribution in [0.3, 0.4) is 0 Å². The minimum absolute atomic E-state index is 0.0211. The molecule has 3 aromatic rings. The van der Waals surface area contributed by atoms with Crippen LogP contribution >= 0.6 is 0 Å². The average Bonchev–Trinajstić information content (AvgIpc) is 2.84. The molecule has 0 atom stereocenters. The number of anilines is 1. The van der Waals surface area contributed by atoms with E-state index in [1.165, 1.54) is 30.6 Å². The summed E-state index contributed by atoms with van der Waals surface area (Å²) in [6, 6.07) is 7.48. The Balaban J connectivity index is 2.02. The number of aryl methyl sites for hydroxylation is 1. The number of hydrogen-bond donors (Lipinski definition) is 3. The summed E-state index contributed by atoms with van der Waals surface area (Å²) in [5, 5.41) is 8.26. The van der Waals surface area contributed by atoms with Crippen LogP contribution in [0.1, 0.15) is 10.4 Å². The van der Waals surface area contributed by atoms with Crippen molar-refractivity contribution in [1.29, 1.82) is 0 Å². The van der Waals surface area contributed by atoms with Crippen LogP contribution in [0.25, 0.3) is 10.9 Å². The van der Waals surface area contributed by atoms with Gasteiger partial charge in [0, 0.05) is 47.7 Å². The molecule has 0 unspecified atom stereocenters. The number of aromatic amines is 1. The highest BCUT2D eigenvalue weighted by atomic mass is 32.2. The SMILES string of the molecule is Cn1cc(S(N)(=O)=O)c2cc(NC(=O)c3cc[nH]c(=O)c3)ccc21. The van der Waals surface area contributed by atoms with Crippen molar-refractivity contribution in [1.82, 2.24) is 9.55 Å². The van der Waals surface area contributed by atoms with Crippen LogP contribution in [0.4, 0.5) is 5.69 Å². The van der Waals surface area contributed by atoms with E-state index in [-0.39, 0.29) is 10.5 Å². The molecule has 2 aromatic heterocycles. The molecule has 0 radical (unpaired) electrons. The molecule has 124 valence electrons. The van der Waals surface area contributed by atoms with Crippen LogP contribution < -0.4 is 16.0 Å². The fraction of sp³-hybridized carbons (Fsp3) is 0.0667. The Hall–Kier alpha value is -2.91. The second kappa shape index (κ2) is 5.62. The molecule has 0 saturated heterocycles. The molecule has 0 fully saturated rings. The molecule has 0 aliphatic carbocycles. The molecule has 0 bridgehead atoms. The second-order valence-electron chi connectivity index (χ2n) is 5.28. The van der Waals surface area contributed by atoms with Gasteiger partial charge in [-0.05, 0) is 24.3 Å². The normalized spacial score (nSPS) is 11.6. The van der Waals surface area contributed by atoms with Crippen LogP contribution in [0.5, 0.6) is 0 Å². The van der Waals surface area contributed by atoms with Crippen molar-refractivity contribution in [2.24, 2.45) is 12.2 Å². The van der Waals surface area contributed by atoms with Gasteiger partial charge >= 0.3 is 0 Å². The highest BCUT2D eigenvalue weighted by Gasteiger charge is 2.17. The number of carbonyl (C=O) groups is 1. The summed E-state index contributed by atoms with van der Waals surface area (Å²) in [6.07, 6.45) is 2.79. The Morgan fingerprint density at radius 2 is 2.00 bits per heavy atom. The van der Waals surface area contributed by atoms with E-state index in [2.05, 4.69) is 10.3 Å². The zero-order chi connectivity index (χ0) is 17.5. The number of primary sulfonamides is 1. The van der Waals surface area contributed by atoms with Crippen LogP contribution in [-0.4, -0.2) is 23.9 Å². The summed E-state index contributed by atoms with van der Waals surface area (Å²) < 4.78 is 25.0. The van der Waals surface area contributed by atoms with Gasteiger partial charge in [0.05, 0.1) is 0 Å². The lowest BCUT2D eigenvalue weighted by atomic mass is 10.2. The Bertz CT molecular complexity index is 1110. The summed E-state index contributed by atoms with van der Waals surface area (Å²) in [4.78, 5) is 25.8. The number of fused-ring (bicyclic) bond motifs is 1. The van der Waals surface area contributed by atoms with Gasteiger partial charge in [0.15, 0.2) is 0 Å². The Labute approximate surface area is 137 Å². The predicted octanol–water partition coefficient (Wildman–Crippen LogP) is 0.766. The van der Waals surface area contributed by atoms with Gasteiger partial charge in [-0.15, -0.1) is 0 Å². The first kappa shape index (κ1) is 16.0. The number of carbonyl (C=O) groups excluding carboxylic acids is 1. The van der Waals surface area contributed by atoms with Crippen LogP contribution in [0, 0.1) is 0 Å². The first-order valence-electron chi connectivity index (χ1n) is 6.88. The Morgan fingerprint density at radius 1 is 1.25 bits per heavy atom. The van der Waals surface area contributed by atoms with E-state index in [1.807, 2.05) is 0 Å². The number of benzene rings is 1. The maximum absolute atomic E-state index is 12.2. The number of nitrogens with one attached hydrogen (secondary N) is 2. The van der Waals surface area contributed by atoms with E-state index in [9.17, 15) is 18.0 Å². The molecule has 1 aromatic carbocycles. The van der Waals surface area contributed by atoms with Crippen molar-refractivity contribution < 1.29 is 13.2 Å². The quantitative estimate of drug-likeness (QED) is 0.647. The zero-order valence-electron chi connectivity index (χ0n) is 12.6. The summed E-state index contributed by atoms with van der Waals surface area (Å²) in [5.41, 5.74) is 0.855. The van der Waals surface area contributed by atoms with Gasteiger partial charge in [-0.2, -0.15) is 0 Å². The summed E-state index contributed by atoms with van der Waals surface area (Å²) in [6.45, 7) is 0. The molecular weight excluding hydrogens is 332 g/mol. The molecule has 0 aliphatic rings. The fourth-order valence-corrected chi connectivity index (χ4v) is 3.22. The molecule has 24 heavy (non-hydrogen) atoms. The third-order valence-electron chi connectivity index (χ3n) is 3.55. The van der Waals surface area contributed by atoms with Crippen molar-refractivity contribution in [2.45, 2.75) is 4.90 Å². The van der Waals surface area contributed by atoms with Crippen molar-refractivity contribution >= 4 is 32.5 Å². The third kappa shape index (κ3) is 2.94. The number of nitrogens with zero attached hydrogens (tertiary/aromatic N) is 1. The van der Waals surface area contributed by atoms with Gasteiger partial charge in [-0.3, -0.25) is 9.59 Å². The van der Waals surface area contributed by atoms with Crippen LogP contribution in [0.2, 0.25) is 0 Å². The van der Waals surface area contributed by atoms with Crippen LogP contribution in [0.15, 0.2) is 52.4 Å². The Kier molecular flexibility index (Phi) is 3.74. The fourth-order valence-electron chi connectivity index (χ4n) is 2.45. The topological polar surface area (TPSA) is 127 Å². The Morgan fingerprint density at radius 3 is 2.67 bits per heavy atom. The third-order valence-corrected chi connectivity index (χ3v) is 4.49. The molecule has 8 nitrogen and oxygen atoms in total. The highest BCUT2D eigenvalue weighted by molar-refractivity contribution is 7.89. The summed E-state index contributed by atoms with van der Waals surface area (Å²) in [5.74, 6) is -0.478. The lowest BCUT2D eigenvalue weighted by molar-refractivity contribution is 0.102. The first-order valence-corrected chi connectivity index (χ1v) is 8.42. The largest absolute Gasteiger partial charge is 0.349 e. The number of aromatic nitrogens is 2. The molecule has 1 amide bonds. The number of rotatable bonds is 3. The number of hydrogen-bond acceptors (Lipinski definition) is 4. The molecule has 0 spiro atoms. The molecule has 9 heteroatoms. The minimum atomic E-state index is -3.89. The monoisotopic (exact) mass is 346 g/mol. The maximum atomic E-state index is 12.2. The first-order chi connectivity index (χ1) is 11.3. The number of H-pyrrole nitrogens is 1. The van der Waals surface area contributed by atoms with Gasteiger partial charge in [0.1, 0.15) is 4.90 Å². The van der Waals surface area contributed by atoms with E-state index < -0.39 is 21.5 Å². The number of pyridine rings is 1. The number of nitrogens with two attached hydrogens (primary N) is 1. The van der Waals surface area contributed by atoms with E-state index >= 15 is 0 Å². The predicted molar refractivity (Wildman–Crippen MR) is 89.3 cm³/mol. The molecule has 0 aliphatic heterocycles. The summed E-state index contributed by atoms with van der Waals surface area (Å²) >= 11 is 0. The van der Waals surface area contributed by atoms with Gasteiger partial charge in [0.2, 0.25) is 15.6 Å². The second-order valence-corrected chi connectivity index (χ2v) is 6.81. The zero-order valence-corrected chi connectivity index (χ0v) is 13.4. The molecule has 0 saturated carbocycles. The lowest BCUT2D eigenvalue weighted by Gasteiger charge is -2.06. The van der Waals surface area contributed by atoms with Crippen molar-refractivity contribution in [3.63, 3.8) is 0 Å². The van der Waals surface area contributed by atoms with E-state index in [0.29, 0.717) is 16.6 Å². The minimum Gasteiger partial charge on any atom is -0.349 e. The average molecular weight is 346 g/mol. The molecular formula is C15H14N4O4S. The number of sulfonamides is 1.